The van der Waals surface area contributed by atoms with Gasteiger partial charge in [0.05, 0.1) is 0 Å². The second-order valence-corrected chi connectivity index (χ2v) is 7.17. The third-order valence-electron chi connectivity index (χ3n) is 5.59. The third-order valence-corrected chi connectivity index (χ3v) is 5.59. The number of nitrogens with zero attached hydrogens (tertiary/aromatic N) is 2. The number of hydrogen-bond donors (Lipinski definition) is 1. The highest BCUT2D eigenvalue weighted by Gasteiger charge is 2.38. The van der Waals surface area contributed by atoms with Crippen LogP contribution < -0.4 is 0 Å². The quantitative estimate of drug-likeness (QED) is 0.925. The van der Waals surface area contributed by atoms with Gasteiger partial charge in [-0.2, -0.15) is 0 Å². The van der Waals surface area contributed by atoms with Gasteiger partial charge in [0.25, 0.3) is 5.91 Å². The van der Waals surface area contributed by atoms with Crippen LogP contribution >= 0.6 is 0 Å². The lowest BCUT2D eigenvalue weighted by Gasteiger charge is -2.33. The number of H-pyrrole nitrogens is 1. The van der Waals surface area contributed by atoms with Crippen LogP contribution in [0.2, 0.25) is 0 Å². The highest BCUT2D eigenvalue weighted by Crippen LogP contribution is 2.30. The average Bonchev–Trinajstić information content (AvgIpc) is 3.23. The second kappa shape index (κ2) is 5.68. The highest BCUT2D eigenvalue weighted by molar-refractivity contribution is 5.98. The molecule has 122 valence electrons. The maximum Gasteiger partial charge on any atom is 0.270 e. The molecule has 2 aliphatic rings. The predicted molar refractivity (Wildman–Crippen MR) is 92.7 cm³/mol. The predicted octanol–water partition coefficient (Wildman–Crippen LogP) is 3.18. The van der Waals surface area contributed by atoms with E-state index in [4.69, 9.17) is 0 Å². The van der Waals surface area contributed by atoms with Gasteiger partial charge < -0.3 is 14.8 Å². The molecule has 1 aromatic carbocycles. The Hall–Kier alpha value is -1.81. The van der Waals surface area contributed by atoms with Crippen molar-refractivity contribution in [3.05, 3.63) is 35.5 Å². The van der Waals surface area contributed by atoms with Gasteiger partial charge in [0.2, 0.25) is 0 Å². The summed E-state index contributed by atoms with van der Waals surface area (Å²) in [6.45, 7) is 4.14. The van der Waals surface area contributed by atoms with Crippen molar-refractivity contribution in [2.75, 3.05) is 20.1 Å². The Bertz CT molecular complexity index is 735. The van der Waals surface area contributed by atoms with Crippen molar-refractivity contribution < 1.29 is 4.79 Å². The van der Waals surface area contributed by atoms with Gasteiger partial charge in [-0.15, -0.1) is 0 Å². The van der Waals surface area contributed by atoms with Gasteiger partial charge in [-0.25, -0.2) is 0 Å². The van der Waals surface area contributed by atoms with Gasteiger partial charge in [-0.05, 0) is 64.4 Å². The van der Waals surface area contributed by atoms with Crippen LogP contribution in [0.3, 0.4) is 0 Å². The fourth-order valence-electron chi connectivity index (χ4n) is 4.39. The molecule has 0 aliphatic carbocycles. The molecule has 3 heterocycles. The summed E-state index contributed by atoms with van der Waals surface area (Å²) >= 11 is 0. The maximum atomic E-state index is 13.1. The van der Waals surface area contributed by atoms with Crippen molar-refractivity contribution >= 4 is 16.8 Å². The van der Waals surface area contributed by atoms with Crippen LogP contribution in [0.25, 0.3) is 10.9 Å². The lowest BCUT2D eigenvalue weighted by atomic mass is 10.0. The fourth-order valence-corrected chi connectivity index (χ4v) is 4.39. The minimum Gasteiger partial charge on any atom is -0.351 e. The van der Waals surface area contributed by atoms with E-state index in [2.05, 4.69) is 47.0 Å². The summed E-state index contributed by atoms with van der Waals surface area (Å²) in [5.41, 5.74) is 3.01. The van der Waals surface area contributed by atoms with Crippen LogP contribution in [0.4, 0.5) is 0 Å². The van der Waals surface area contributed by atoms with Crippen molar-refractivity contribution in [2.45, 2.75) is 44.7 Å². The van der Waals surface area contributed by atoms with Crippen LogP contribution in [-0.2, 0) is 0 Å². The maximum absolute atomic E-state index is 13.1. The number of rotatable bonds is 2. The Labute approximate surface area is 137 Å². The first-order valence-electron chi connectivity index (χ1n) is 8.74. The zero-order valence-electron chi connectivity index (χ0n) is 14.0. The van der Waals surface area contributed by atoms with E-state index in [1.54, 1.807) is 0 Å². The molecule has 2 fully saturated rings. The van der Waals surface area contributed by atoms with E-state index in [1.165, 1.54) is 18.4 Å². The second-order valence-electron chi connectivity index (χ2n) is 7.17. The van der Waals surface area contributed by atoms with E-state index in [1.807, 2.05) is 6.07 Å². The summed E-state index contributed by atoms with van der Waals surface area (Å²) in [4.78, 5) is 20.9. The van der Waals surface area contributed by atoms with Gasteiger partial charge in [-0.3, -0.25) is 4.79 Å². The molecule has 0 spiro atoms. The topological polar surface area (TPSA) is 39.3 Å². The number of aryl methyl sites for hydroxylation is 1. The first kappa shape index (κ1) is 14.8. The van der Waals surface area contributed by atoms with E-state index < -0.39 is 0 Å². The van der Waals surface area contributed by atoms with Crippen molar-refractivity contribution in [1.82, 2.24) is 14.8 Å². The first-order chi connectivity index (χ1) is 11.1. The number of amides is 1. The molecule has 4 rings (SSSR count). The molecule has 1 amide bonds. The van der Waals surface area contributed by atoms with E-state index in [0.717, 1.165) is 42.5 Å². The average molecular weight is 311 g/mol. The number of fused-ring (bicyclic) bond motifs is 1. The standard InChI is InChI=1S/C19H25N3O/c1-13-7-8-15-14(11-13)12-16(20-15)19(23)22-10-4-6-18(22)17-5-3-9-21(17)2/h7-8,11-12,17-18,20H,3-6,9-10H2,1-2H3/t17-,18-/m1/s1. The number of benzene rings is 1. The Kier molecular flexibility index (Phi) is 3.64. The molecule has 1 N–H and O–H groups in total. The largest absolute Gasteiger partial charge is 0.351 e. The SMILES string of the molecule is Cc1ccc2[nH]c(C(=O)N3CCC[C@@H]3[C@H]3CCCN3C)cc2c1. The van der Waals surface area contributed by atoms with Gasteiger partial charge in [0.1, 0.15) is 5.69 Å². The zero-order chi connectivity index (χ0) is 16.0. The molecular weight excluding hydrogens is 286 g/mol. The minimum atomic E-state index is 0.168. The van der Waals surface area contributed by atoms with Crippen molar-refractivity contribution in [2.24, 2.45) is 0 Å². The van der Waals surface area contributed by atoms with E-state index in [-0.39, 0.29) is 5.91 Å². The number of aromatic nitrogens is 1. The van der Waals surface area contributed by atoms with E-state index >= 15 is 0 Å². The molecule has 1 aromatic heterocycles. The van der Waals surface area contributed by atoms with Crippen molar-refractivity contribution in [3.8, 4) is 0 Å². The number of carbonyl (C=O) groups excluding carboxylic acids is 1. The summed E-state index contributed by atoms with van der Waals surface area (Å²) in [5, 5.41) is 1.13. The zero-order valence-corrected chi connectivity index (χ0v) is 14.0. The molecule has 0 saturated carbocycles. The lowest BCUT2D eigenvalue weighted by Crippen LogP contribution is -2.47. The molecule has 2 aliphatic heterocycles. The monoisotopic (exact) mass is 311 g/mol. The van der Waals surface area contributed by atoms with Gasteiger partial charge in [0.15, 0.2) is 0 Å². The molecule has 2 aromatic rings. The molecule has 2 saturated heterocycles. The Morgan fingerprint density at radius 1 is 1.13 bits per heavy atom. The van der Waals surface area contributed by atoms with Crippen LogP contribution in [0.5, 0.6) is 0 Å². The normalized spacial score (nSPS) is 25.6. The molecule has 4 heteroatoms. The molecule has 2 atom stereocenters. The number of likely N-dealkylation sites (tertiary alicyclic amines) is 2. The third kappa shape index (κ3) is 2.55. The molecule has 23 heavy (non-hydrogen) atoms. The smallest absolute Gasteiger partial charge is 0.270 e. The van der Waals surface area contributed by atoms with Crippen LogP contribution in [0.1, 0.15) is 41.7 Å². The van der Waals surface area contributed by atoms with Crippen LogP contribution in [0.15, 0.2) is 24.3 Å². The van der Waals surface area contributed by atoms with Gasteiger partial charge in [0, 0.05) is 29.5 Å². The highest BCUT2D eigenvalue weighted by atomic mass is 16.2. The van der Waals surface area contributed by atoms with Crippen LogP contribution in [0, 0.1) is 6.92 Å². The summed E-state index contributed by atoms with van der Waals surface area (Å²) in [6, 6.07) is 9.20. The molecule has 0 radical (unpaired) electrons. The van der Waals surface area contributed by atoms with E-state index in [0.29, 0.717) is 12.1 Å². The van der Waals surface area contributed by atoms with Crippen LogP contribution in [-0.4, -0.2) is 52.9 Å². The Morgan fingerprint density at radius 2 is 1.91 bits per heavy atom. The number of carbonyl (C=O) groups is 1. The number of hydrogen-bond acceptors (Lipinski definition) is 2. The summed E-state index contributed by atoms with van der Waals surface area (Å²) in [7, 11) is 2.20. The van der Waals surface area contributed by atoms with Crippen molar-refractivity contribution in [1.29, 1.82) is 0 Å². The summed E-state index contributed by atoms with van der Waals surface area (Å²) in [5.74, 6) is 0.168. The van der Waals surface area contributed by atoms with Gasteiger partial charge in [-0.1, -0.05) is 11.6 Å². The molecule has 4 nitrogen and oxygen atoms in total. The summed E-state index contributed by atoms with van der Waals surface area (Å²) < 4.78 is 0. The van der Waals surface area contributed by atoms with Crippen molar-refractivity contribution in [3.63, 3.8) is 0 Å². The van der Waals surface area contributed by atoms with Gasteiger partial charge >= 0.3 is 0 Å². The molecule has 0 unspecified atom stereocenters. The minimum absolute atomic E-state index is 0.168. The Balaban J connectivity index is 1.61. The number of nitrogens with one attached hydrogen (secondary N) is 1. The summed E-state index contributed by atoms with van der Waals surface area (Å²) in [6.07, 6.45) is 4.74. The molecule has 0 bridgehead atoms. The number of aromatic amines is 1. The molecular formula is C19H25N3O. The van der Waals surface area contributed by atoms with E-state index in [9.17, 15) is 4.79 Å². The Morgan fingerprint density at radius 3 is 2.70 bits per heavy atom. The number of likely N-dealkylation sites (N-methyl/N-ethyl adjacent to an activating group) is 1. The first-order valence-corrected chi connectivity index (χ1v) is 8.74. The fraction of sp³-hybridized carbons (Fsp3) is 0.526. The lowest BCUT2D eigenvalue weighted by molar-refractivity contribution is 0.0659.